The van der Waals surface area contributed by atoms with Crippen LogP contribution < -0.4 is 5.32 Å². The van der Waals surface area contributed by atoms with Gasteiger partial charge in [0.15, 0.2) is 5.78 Å². The van der Waals surface area contributed by atoms with Crippen molar-refractivity contribution in [2.45, 2.75) is 19.4 Å². The highest BCUT2D eigenvalue weighted by molar-refractivity contribution is 5.98. The van der Waals surface area contributed by atoms with Gasteiger partial charge in [0.2, 0.25) is 5.91 Å². The second-order valence-corrected chi connectivity index (χ2v) is 6.10. The Labute approximate surface area is 151 Å². The van der Waals surface area contributed by atoms with Gasteiger partial charge in [-0.2, -0.15) is 0 Å². The van der Waals surface area contributed by atoms with Crippen molar-refractivity contribution in [1.82, 2.24) is 10.2 Å². The van der Waals surface area contributed by atoms with Crippen molar-refractivity contribution in [3.05, 3.63) is 71.0 Å². The average molecular weight is 356 g/mol. The first-order valence-corrected chi connectivity index (χ1v) is 8.23. The molecule has 0 aliphatic carbocycles. The smallest absolute Gasteiger partial charge is 0.253 e. The number of amides is 2. The molecule has 2 rings (SSSR count). The Bertz CT molecular complexity index is 784. The van der Waals surface area contributed by atoms with E-state index in [2.05, 4.69) is 5.32 Å². The van der Waals surface area contributed by atoms with Crippen LogP contribution in [0.5, 0.6) is 0 Å². The Balaban J connectivity index is 1.78. The fourth-order valence-corrected chi connectivity index (χ4v) is 2.32. The molecule has 0 saturated heterocycles. The third kappa shape index (κ3) is 5.51. The van der Waals surface area contributed by atoms with E-state index >= 15 is 0 Å². The first-order valence-electron chi connectivity index (χ1n) is 8.23. The summed E-state index contributed by atoms with van der Waals surface area (Å²) in [6.45, 7) is 0.319. The van der Waals surface area contributed by atoms with Gasteiger partial charge in [0, 0.05) is 44.6 Å². The summed E-state index contributed by atoms with van der Waals surface area (Å²) < 4.78 is 12.8. The van der Waals surface area contributed by atoms with Crippen LogP contribution in [0.4, 0.5) is 4.39 Å². The van der Waals surface area contributed by atoms with Gasteiger partial charge < -0.3 is 10.2 Å². The summed E-state index contributed by atoms with van der Waals surface area (Å²) in [4.78, 5) is 37.1. The van der Waals surface area contributed by atoms with Gasteiger partial charge in [0.1, 0.15) is 5.82 Å². The number of hydrogen-bond acceptors (Lipinski definition) is 3. The van der Waals surface area contributed by atoms with Crippen molar-refractivity contribution in [3.63, 3.8) is 0 Å². The van der Waals surface area contributed by atoms with Gasteiger partial charge in [-0.15, -0.1) is 0 Å². The van der Waals surface area contributed by atoms with Crippen molar-refractivity contribution in [3.8, 4) is 0 Å². The Kier molecular flexibility index (Phi) is 6.60. The predicted octanol–water partition coefficient (Wildman–Crippen LogP) is 2.81. The second kappa shape index (κ2) is 8.89. The molecule has 0 spiro atoms. The summed E-state index contributed by atoms with van der Waals surface area (Å²) in [7, 11) is 3.37. The molecule has 136 valence electrons. The monoisotopic (exact) mass is 356 g/mol. The third-order valence-electron chi connectivity index (χ3n) is 3.84. The van der Waals surface area contributed by atoms with E-state index in [9.17, 15) is 18.8 Å². The lowest BCUT2D eigenvalue weighted by Crippen LogP contribution is -2.24. The summed E-state index contributed by atoms with van der Waals surface area (Å²) in [5, 5.41) is 2.74. The molecule has 0 aliphatic heterocycles. The zero-order chi connectivity index (χ0) is 19.1. The van der Waals surface area contributed by atoms with Crippen LogP contribution >= 0.6 is 0 Å². The van der Waals surface area contributed by atoms with Gasteiger partial charge in [0.25, 0.3) is 5.91 Å². The molecule has 0 unspecified atom stereocenters. The molecule has 0 bridgehead atoms. The van der Waals surface area contributed by atoms with Crippen LogP contribution in [0.2, 0.25) is 0 Å². The fraction of sp³-hybridized carbons (Fsp3) is 0.250. The van der Waals surface area contributed by atoms with E-state index in [-0.39, 0.29) is 30.4 Å². The van der Waals surface area contributed by atoms with Gasteiger partial charge in [-0.3, -0.25) is 14.4 Å². The van der Waals surface area contributed by atoms with Crippen LogP contribution in [0.25, 0.3) is 0 Å². The topological polar surface area (TPSA) is 66.5 Å². The zero-order valence-electron chi connectivity index (χ0n) is 14.8. The minimum atomic E-state index is -0.405. The lowest BCUT2D eigenvalue weighted by Gasteiger charge is -2.11. The van der Waals surface area contributed by atoms with Crippen molar-refractivity contribution >= 4 is 17.6 Å². The molecule has 2 aromatic carbocycles. The van der Waals surface area contributed by atoms with E-state index in [1.807, 2.05) is 0 Å². The number of carbonyl (C=O) groups excluding carboxylic acids is 3. The first-order chi connectivity index (χ1) is 12.4. The first kappa shape index (κ1) is 19.3. The maximum Gasteiger partial charge on any atom is 0.253 e. The Morgan fingerprint density at radius 2 is 1.46 bits per heavy atom. The number of benzene rings is 2. The van der Waals surface area contributed by atoms with E-state index in [1.54, 1.807) is 38.4 Å². The van der Waals surface area contributed by atoms with E-state index in [0.29, 0.717) is 17.7 Å². The maximum atomic E-state index is 12.8. The normalized spacial score (nSPS) is 10.3. The summed E-state index contributed by atoms with van der Waals surface area (Å²) in [5.74, 6) is -0.932. The van der Waals surface area contributed by atoms with Crippen LogP contribution in [0.15, 0.2) is 48.5 Å². The minimum Gasteiger partial charge on any atom is -0.352 e. The summed E-state index contributed by atoms with van der Waals surface area (Å²) in [6, 6.07) is 12.2. The number of hydrogen-bond donors (Lipinski definition) is 1. The number of rotatable bonds is 7. The van der Waals surface area contributed by atoms with Gasteiger partial charge in [-0.25, -0.2) is 4.39 Å². The van der Waals surface area contributed by atoms with E-state index < -0.39 is 5.82 Å². The SMILES string of the molecule is CN(C)C(=O)c1ccc(CNC(=O)CCC(=O)c2ccc(F)cc2)cc1. The average Bonchev–Trinajstić information content (AvgIpc) is 2.64. The highest BCUT2D eigenvalue weighted by atomic mass is 19.1. The largest absolute Gasteiger partial charge is 0.352 e. The van der Waals surface area contributed by atoms with Gasteiger partial charge in [-0.1, -0.05) is 12.1 Å². The molecular weight excluding hydrogens is 335 g/mol. The fourth-order valence-electron chi connectivity index (χ4n) is 2.32. The Morgan fingerprint density at radius 1 is 0.885 bits per heavy atom. The number of carbonyl (C=O) groups is 3. The lowest BCUT2D eigenvalue weighted by molar-refractivity contribution is -0.121. The molecule has 0 atom stereocenters. The van der Waals surface area contributed by atoms with Crippen molar-refractivity contribution in [1.29, 1.82) is 0 Å². The minimum absolute atomic E-state index is 0.0629. The molecule has 2 amide bonds. The van der Waals surface area contributed by atoms with Crippen molar-refractivity contribution in [2.75, 3.05) is 14.1 Å². The number of halogens is 1. The van der Waals surface area contributed by atoms with Crippen molar-refractivity contribution in [2.24, 2.45) is 0 Å². The van der Waals surface area contributed by atoms with Crippen molar-refractivity contribution < 1.29 is 18.8 Å². The molecule has 6 heteroatoms. The molecule has 26 heavy (non-hydrogen) atoms. The number of ketones is 1. The van der Waals surface area contributed by atoms with Crippen LogP contribution in [0, 0.1) is 5.82 Å². The standard InChI is InChI=1S/C20H21FN2O3/c1-23(2)20(26)16-5-3-14(4-6-16)13-22-19(25)12-11-18(24)15-7-9-17(21)10-8-15/h3-10H,11-13H2,1-2H3,(H,22,25). The predicted molar refractivity (Wildman–Crippen MR) is 96.3 cm³/mol. The number of nitrogens with one attached hydrogen (secondary N) is 1. The molecular formula is C20H21FN2O3. The maximum absolute atomic E-state index is 12.8. The molecule has 1 N–H and O–H groups in total. The van der Waals surface area contributed by atoms with Gasteiger partial charge in [-0.05, 0) is 42.0 Å². The molecule has 0 fully saturated rings. The highest BCUT2D eigenvalue weighted by Gasteiger charge is 2.10. The van der Waals surface area contributed by atoms with E-state index in [0.717, 1.165) is 5.56 Å². The molecule has 2 aromatic rings. The van der Waals surface area contributed by atoms with E-state index in [4.69, 9.17) is 0 Å². The summed E-state index contributed by atoms with van der Waals surface area (Å²) in [6.07, 6.45) is 0.126. The zero-order valence-corrected chi connectivity index (χ0v) is 14.8. The van der Waals surface area contributed by atoms with Crippen LogP contribution in [0.1, 0.15) is 39.1 Å². The van der Waals surface area contributed by atoms with Crippen LogP contribution in [-0.2, 0) is 11.3 Å². The third-order valence-corrected chi connectivity index (χ3v) is 3.84. The molecule has 5 nitrogen and oxygen atoms in total. The molecule has 0 radical (unpaired) electrons. The molecule has 0 aromatic heterocycles. The lowest BCUT2D eigenvalue weighted by atomic mass is 10.1. The quantitative estimate of drug-likeness (QED) is 0.776. The van der Waals surface area contributed by atoms with E-state index in [1.165, 1.54) is 29.2 Å². The Morgan fingerprint density at radius 3 is 2.04 bits per heavy atom. The second-order valence-electron chi connectivity index (χ2n) is 6.10. The molecule has 0 heterocycles. The highest BCUT2D eigenvalue weighted by Crippen LogP contribution is 2.09. The molecule has 0 saturated carbocycles. The summed E-state index contributed by atoms with van der Waals surface area (Å²) >= 11 is 0. The van der Waals surface area contributed by atoms with Gasteiger partial charge in [0.05, 0.1) is 0 Å². The number of Topliss-reactive ketones (excluding diaryl/α,β-unsaturated/α-hetero) is 1. The molecule has 0 aliphatic rings. The van der Waals surface area contributed by atoms with Gasteiger partial charge >= 0.3 is 0 Å². The van der Waals surface area contributed by atoms with Crippen LogP contribution in [0.3, 0.4) is 0 Å². The van der Waals surface area contributed by atoms with Crippen LogP contribution in [-0.4, -0.2) is 36.6 Å². The number of nitrogens with zero attached hydrogens (tertiary/aromatic N) is 1. The Hall–Kier alpha value is -3.02. The summed E-state index contributed by atoms with van der Waals surface area (Å²) in [5.41, 5.74) is 1.83.